The summed E-state index contributed by atoms with van der Waals surface area (Å²) in [5.74, 6) is 0.110. The summed E-state index contributed by atoms with van der Waals surface area (Å²) >= 11 is 0. The van der Waals surface area contributed by atoms with Gasteiger partial charge in [-0.25, -0.2) is 8.42 Å². The summed E-state index contributed by atoms with van der Waals surface area (Å²) < 4.78 is 28.1. The first-order valence-corrected chi connectivity index (χ1v) is 9.83. The number of nitrogens with one attached hydrogen (secondary N) is 1. The SMILES string of the molecule is CCN1C(=O)CCc2cc(NS(=O)(=O)c3cc(C)ccc3C)ccc21. The Bertz CT molecular complexity index is 936. The van der Waals surface area contributed by atoms with Crippen molar-refractivity contribution < 1.29 is 13.2 Å². The van der Waals surface area contributed by atoms with Gasteiger partial charge >= 0.3 is 0 Å². The van der Waals surface area contributed by atoms with Crippen LogP contribution in [0, 0.1) is 13.8 Å². The molecule has 0 fully saturated rings. The maximum absolute atomic E-state index is 12.7. The Hall–Kier alpha value is -2.34. The highest BCUT2D eigenvalue weighted by Gasteiger charge is 2.24. The van der Waals surface area contributed by atoms with E-state index in [-0.39, 0.29) is 10.8 Å². The molecular formula is C19H22N2O3S. The Morgan fingerprint density at radius 3 is 2.56 bits per heavy atom. The second-order valence-electron chi connectivity index (χ2n) is 6.36. The molecule has 6 heteroatoms. The zero-order chi connectivity index (χ0) is 18.2. The minimum atomic E-state index is -3.65. The van der Waals surface area contributed by atoms with Crippen LogP contribution in [-0.2, 0) is 21.2 Å². The number of rotatable bonds is 4. The van der Waals surface area contributed by atoms with E-state index >= 15 is 0 Å². The molecule has 2 aromatic rings. The number of benzene rings is 2. The number of sulfonamides is 1. The summed E-state index contributed by atoms with van der Waals surface area (Å²) in [7, 11) is -3.65. The average Bonchev–Trinajstić information content (AvgIpc) is 2.56. The summed E-state index contributed by atoms with van der Waals surface area (Å²) in [6, 6.07) is 10.7. The lowest BCUT2D eigenvalue weighted by atomic mass is 10.0. The van der Waals surface area contributed by atoms with E-state index in [1.54, 1.807) is 24.0 Å². The van der Waals surface area contributed by atoms with Crippen molar-refractivity contribution in [2.45, 2.75) is 38.5 Å². The molecule has 0 bridgehead atoms. The smallest absolute Gasteiger partial charge is 0.262 e. The quantitative estimate of drug-likeness (QED) is 0.911. The molecular weight excluding hydrogens is 336 g/mol. The van der Waals surface area contributed by atoms with E-state index in [1.165, 1.54) is 0 Å². The van der Waals surface area contributed by atoms with E-state index in [0.29, 0.717) is 30.6 Å². The monoisotopic (exact) mass is 358 g/mol. The molecule has 2 aromatic carbocycles. The van der Waals surface area contributed by atoms with Crippen LogP contribution in [0.4, 0.5) is 11.4 Å². The summed E-state index contributed by atoms with van der Waals surface area (Å²) in [5, 5.41) is 0. The van der Waals surface area contributed by atoms with E-state index < -0.39 is 10.0 Å². The Morgan fingerprint density at radius 1 is 1.08 bits per heavy atom. The molecule has 0 unspecified atom stereocenters. The molecule has 0 aromatic heterocycles. The van der Waals surface area contributed by atoms with Gasteiger partial charge in [0.1, 0.15) is 0 Å². The van der Waals surface area contributed by atoms with Crippen LogP contribution in [0.2, 0.25) is 0 Å². The van der Waals surface area contributed by atoms with E-state index in [1.807, 2.05) is 38.1 Å². The second-order valence-corrected chi connectivity index (χ2v) is 8.01. The van der Waals surface area contributed by atoms with Gasteiger partial charge < -0.3 is 4.90 Å². The number of hydrogen-bond acceptors (Lipinski definition) is 3. The fourth-order valence-corrected chi connectivity index (χ4v) is 4.56. The molecule has 0 atom stereocenters. The standard InChI is InChI=1S/C19H22N2O3S/c1-4-21-17-9-8-16(12-15(17)7-10-19(21)22)20-25(23,24)18-11-13(2)5-6-14(18)3/h5-6,8-9,11-12,20H,4,7,10H2,1-3H3. The van der Waals surface area contributed by atoms with Crippen molar-refractivity contribution in [3.05, 3.63) is 53.1 Å². The number of carbonyl (C=O) groups excluding carboxylic acids is 1. The van der Waals surface area contributed by atoms with E-state index in [4.69, 9.17) is 0 Å². The molecule has 1 amide bonds. The van der Waals surface area contributed by atoms with Crippen LogP contribution in [0.5, 0.6) is 0 Å². The topological polar surface area (TPSA) is 66.5 Å². The van der Waals surface area contributed by atoms with Gasteiger partial charge in [-0.1, -0.05) is 12.1 Å². The Morgan fingerprint density at radius 2 is 1.84 bits per heavy atom. The highest BCUT2D eigenvalue weighted by molar-refractivity contribution is 7.92. The van der Waals surface area contributed by atoms with Crippen molar-refractivity contribution in [1.82, 2.24) is 0 Å². The van der Waals surface area contributed by atoms with Crippen molar-refractivity contribution >= 4 is 27.3 Å². The van der Waals surface area contributed by atoms with Gasteiger partial charge in [0.05, 0.1) is 4.90 Å². The second kappa shape index (κ2) is 6.52. The zero-order valence-electron chi connectivity index (χ0n) is 14.7. The highest BCUT2D eigenvalue weighted by atomic mass is 32.2. The van der Waals surface area contributed by atoms with Crippen LogP contribution in [0.15, 0.2) is 41.3 Å². The molecule has 3 rings (SSSR count). The molecule has 0 spiro atoms. The zero-order valence-corrected chi connectivity index (χ0v) is 15.5. The fraction of sp³-hybridized carbons (Fsp3) is 0.316. The molecule has 1 N–H and O–H groups in total. The van der Waals surface area contributed by atoms with Crippen molar-refractivity contribution in [3.63, 3.8) is 0 Å². The molecule has 0 saturated heterocycles. The summed E-state index contributed by atoms with van der Waals surface area (Å²) in [6.45, 7) is 6.20. The van der Waals surface area contributed by atoms with Crippen molar-refractivity contribution in [1.29, 1.82) is 0 Å². The number of carbonyl (C=O) groups is 1. The number of anilines is 2. The van der Waals surface area contributed by atoms with Gasteiger partial charge in [-0.05, 0) is 68.1 Å². The molecule has 0 radical (unpaired) electrons. The van der Waals surface area contributed by atoms with Crippen LogP contribution in [-0.4, -0.2) is 20.9 Å². The van der Waals surface area contributed by atoms with Crippen molar-refractivity contribution in [2.75, 3.05) is 16.2 Å². The highest BCUT2D eigenvalue weighted by Crippen LogP contribution is 2.31. The molecule has 1 heterocycles. The van der Waals surface area contributed by atoms with Gasteiger partial charge in [-0.3, -0.25) is 9.52 Å². The molecule has 132 valence electrons. The van der Waals surface area contributed by atoms with Crippen LogP contribution in [0.3, 0.4) is 0 Å². The summed E-state index contributed by atoms with van der Waals surface area (Å²) in [4.78, 5) is 14.0. The molecule has 5 nitrogen and oxygen atoms in total. The van der Waals surface area contributed by atoms with Crippen LogP contribution < -0.4 is 9.62 Å². The van der Waals surface area contributed by atoms with Gasteiger partial charge in [0.2, 0.25) is 5.91 Å². The van der Waals surface area contributed by atoms with E-state index in [9.17, 15) is 13.2 Å². The average molecular weight is 358 g/mol. The lowest BCUT2D eigenvalue weighted by molar-refractivity contribution is -0.118. The summed E-state index contributed by atoms with van der Waals surface area (Å²) in [6.07, 6.45) is 1.08. The predicted octanol–water partition coefficient (Wildman–Crippen LogP) is 3.40. The Labute approximate surface area is 148 Å². The van der Waals surface area contributed by atoms with Gasteiger partial charge in [0, 0.05) is 24.3 Å². The first kappa shape index (κ1) is 17.5. The van der Waals surface area contributed by atoms with Gasteiger partial charge in [0.25, 0.3) is 10.0 Å². The first-order chi connectivity index (χ1) is 11.8. The number of hydrogen-bond donors (Lipinski definition) is 1. The molecule has 25 heavy (non-hydrogen) atoms. The van der Waals surface area contributed by atoms with Crippen LogP contribution >= 0.6 is 0 Å². The largest absolute Gasteiger partial charge is 0.312 e. The molecule has 1 aliphatic heterocycles. The first-order valence-electron chi connectivity index (χ1n) is 8.35. The van der Waals surface area contributed by atoms with Gasteiger partial charge in [0.15, 0.2) is 0 Å². The van der Waals surface area contributed by atoms with Gasteiger partial charge in [-0.2, -0.15) is 0 Å². The molecule has 1 aliphatic rings. The van der Waals surface area contributed by atoms with Crippen molar-refractivity contribution in [2.24, 2.45) is 0 Å². The third-order valence-electron chi connectivity index (χ3n) is 4.48. The number of nitrogens with zero attached hydrogens (tertiary/aromatic N) is 1. The lowest BCUT2D eigenvalue weighted by Gasteiger charge is -2.28. The normalized spacial score (nSPS) is 14.4. The Kier molecular flexibility index (Phi) is 4.56. The minimum Gasteiger partial charge on any atom is -0.312 e. The third kappa shape index (κ3) is 3.39. The lowest BCUT2D eigenvalue weighted by Crippen LogP contribution is -2.34. The maximum atomic E-state index is 12.7. The fourth-order valence-electron chi connectivity index (χ4n) is 3.18. The van der Waals surface area contributed by atoms with Crippen molar-refractivity contribution in [3.8, 4) is 0 Å². The number of aryl methyl sites for hydroxylation is 3. The summed E-state index contributed by atoms with van der Waals surface area (Å²) in [5.41, 5.74) is 3.98. The third-order valence-corrected chi connectivity index (χ3v) is 6.00. The number of fused-ring (bicyclic) bond motifs is 1. The van der Waals surface area contributed by atoms with E-state index in [2.05, 4.69) is 4.72 Å². The van der Waals surface area contributed by atoms with Crippen LogP contribution in [0.25, 0.3) is 0 Å². The van der Waals surface area contributed by atoms with E-state index in [0.717, 1.165) is 16.8 Å². The van der Waals surface area contributed by atoms with Crippen LogP contribution in [0.1, 0.15) is 30.0 Å². The van der Waals surface area contributed by atoms with Gasteiger partial charge in [-0.15, -0.1) is 0 Å². The Balaban J connectivity index is 1.94. The molecule has 0 aliphatic carbocycles. The maximum Gasteiger partial charge on any atom is 0.262 e. The predicted molar refractivity (Wildman–Crippen MR) is 99.5 cm³/mol. The number of amides is 1. The molecule has 0 saturated carbocycles. The minimum absolute atomic E-state index is 0.110.